The molecular formula is C21H21N3O4. The first-order valence-electron chi connectivity index (χ1n) is 9.26. The Hall–Kier alpha value is -3.19. The van der Waals surface area contributed by atoms with Gasteiger partial charge in [-0.05, 0) is 31.4 Å². The number of ether oxygens (including phenoxy) is 1. The van der Waals surface area contributed by atoms with E-state index in [1.54, 1.807) is 13.0 Å². The number of anilines is 1. The molecule has 7 nitrogen and oxygen atoms in total. The molecule has 1 fully saturated rings. The van der Waals surface area contributed by atoms with E-state index in [1.807, 2.05) is 30.3 Å². The normalized spacial score (nSPS) is 14.8. The molecule has 2 N–H and O–H groups in total. The Labute approximate surface area is 161 Å². The first-order valence-corrected chi connectivity index (χ1v) is 9.26. The number of aromatic nitrogens is 2. The molecule has 1 aliphatic rings. The van der Waals surface area contributed by atoms with Gasteiger partial charge in [-0.3, -0.25) is 9.89 Å². The van der Waals surface area contributed by atoms with Gasteiger partial charge in [0.25, 0.3) is 5.91 Å². The average molecular weight is 379 g/mol. The maximum atomic E-state index is 12.8. The molecule has 0 radical (unpaired) electrons. The second-order valence-electron chi connectivity index (χ2n) is 6.86. The summed E-state index contributed by atoms with van der Waals surface area (Å²) in [6, 6.07) is 11.3. The van der Waals surface area contributed by atoms with Gasteiger partial charge >= 0.3 is 5.63 Å². The average Bonchev–Trinajstić information content (AvgIpc) is 3.17. The fourth-order valence-corrected chi connectivity index (χ4v) is 3.48. The maximum absolute atomic E-state index is 12.8. The summed E-state index contributed by atoms with van der Waals surface area (Å²) in [6.45, 7) is 3.05. The van der Waals surface area contributed by atoms with Crippen LogP contribution >= 0.6 is 0 Å². The van der Waals surface area contributed by atoms with E-state index < -0.39 is 11.5 Å². The Morgan fingerprint density at radius 2 is 1.96 bits per heavy atom. The zero-order valence-electron chi connectivity index (χ0n) is 15.5. The highest BCUT2D eigenvalue weighted by Crippen LogP contribution is 2.28. The molecule has 1 saturated heterocycles. The van der Waals surface area contributed by atoms with E-state index in [1.165, 1.54) is 6.20 Å². The molecular weight excluding hydrogens is 358 g/mol. The van der Waals surface area contributed by atoms with Crippen LogP contribution in [0.3, 0.4) is 0 Å². The highest BCUT2D eigenvalue weighted by Gasteiger charge is 2.23. The smallest absolute Gasteiger partial charge is 0.349 e. The van der Waals surface area contributed by atoms with Crippen molar-refractivity contribution in [2.24, 2.45) is 0 Å². The summed E-state index contributed by atoms with van der Waals surface area (Å²) in [6.07, 6.45) is 3.14. The van der Waals surface area contributed by atoms with Gasteiger partial charge in [-0.25, -0.2) is 4.79 Å². The number of amides is 1. The van der Waals surface area contributed by atoms with E-state index in [0.29, 0.717) is 35.9 Å². The maximum Gasteiger partial charge on any atom is 0.349 e. The highest BCUT2D eigenvalue weighted by molar-refractivity contribution is 6.06. The lowest BCUT2D eigenvalue weighted by molar-refractivity contribution is 0.0796. The third kappa shape index (κ3) is 3.61. The molecule has 2 aromatic heterocycles. The number of carbonyl (C=O) groups excluding carboxylic acids is 1. The highest BCUT2D eigenvalue weighted by atomic mass is 16.5. The Bertz CT molecular complexity index is 1030. The van der Waals surface area contributed by atoms with Crippen LogP contribution < -0.4 is 10.9 Å². The van der Waals surface area contributed by atoms with Crippen molar-refractivity contribution in [2.45, 2.75) is 25.7 Å². The SMILES string of the molecule is Cc1cc(C2CCOCC2)oc(=O)c1C(=O)Nc1cn[nH]c1-c1ccccc1. The van der Waals surface area contributed by atoms with Crippen molar-refractivity contribution < 1.29 is 13.9 Å². The van der Waals surface area contributed by atoms with Crippen molar-refractivity contribution >= 4 is 11.6 Å². The Balaban J connectivity index is 1.59. The molecule has 144 valence electrons. The van der Waals surface area contributed by atoms with Gasteiger partial charge in [0.1, 0.15) is 11.3 Å². The van der Waals surface area contributed by atoms with Crippen LogP contribution in [0.5, 0.6) is 0 Å². The van der Waals surface area contributed by atoms with Gasteiger partial charge in [-0.1, -0.05) is 30.3 Å². The summed E-state index contributed by atoms with van der Waals surface area (Å²) >= 11 is 0. The van der Waals surface area contributed by atoms with E-state index in [0.717, 1.165) is 18.4 Å². The van der Waals surface area contributed by atoms with Crippen molar-refractivity contribution in [2.75, 3.05) is 18.5 Å². The summed E-state index contributed by atoms with van der Waals surface area (Å²) < 4.78 is 10.8. The minimum atomic E-state index is -0.622. The lowest BCUT2D eigenvalue weighted by Crippen LogP contribution is -2.24. The van der Waals surface area contributed by atoms with Crippen LogP contribution in [0.2, 0.25) is 0 Å². The zero-order valence-corrected chi connectivity index (χ0v) is 15.5. The van der Waals surface area contributed by atoms with Crippen LogP contribution in [0.15, 0.2) is 51.8 Å². The molecule has 3 heterocycles. The Morgan fingerprint density at radius 1 is 1.21 bits per heavy atom. The topological polar surface area (TPSA) is 97.2 Å². The summed E-state index contributed by atoms with van der Waals surface area (Å²) in [5.41, 5.74) is 2.05. The van der Waals surface area contributed by atoms with Crippen LogP contribution in [-0.4, -0.2) is 29.3 Å². The van der Waals surface area contributed by atoms with Gasteiger partial charge in [0.15, 0.2) is 0 Å². The first-order chi connectivity index (χ1) is 13.6. The number of aryl methyl sites for hydroxylation is 1. The van der Waals surface area contributed by atoms with Gasteiger partial charge in [0.2, 0.25) is 0 Å². The third-order valence-corrected chi connectivity index (χ3v) is 4.97. The van der Waals surface area contributed by atoms with Crippen LogP contribution in [0.25, 0.3) is 11.3 Å². The Morgan fingerprint density at radius 3 is 2.68 bits per heavy atom. The second kappa shape index (κ2) is 7.82. The van der Waals surface area contributed by atoms with Crippen molar-refractivity contribution in [3.05, 3.63) is 69.9 Å². The van der Waals surface area contributed by atoms with E-state index >= 15 is 0 Å². The van der Waals surface area contributed by atoms with E-state index in [9.17, 15) is 9.59 Å². The van der Waals surface area contributed by atoms with Gasteiger partial charge in [-0.2, -0.15) is 5.10 Å². The number of hydrogen-bond donors (Lipinski definition) is 2. The number of benzene rings is 1. The first kappa shape index (κ1) is 18.2. The van der Waals surface area contributed by atoms with E-state index in [-0.39, 0.29) is 11.5 Å². The molecule has 0 saturated carbocycles. The number of carbonyl (C=O) groups is 1. The van der Waals surface area contributed by atoms with Crippen molar-refractivity contribution in [3.8, 4) is 11.3 Å². The standard InChI is InChI=1S/C21H21N3O4/c1-13-11-17(14-7-9-27-10-8-14)28-21(26)18(13)20(25)23-16-12-22-24-19(16)15-5-3-2-4-6-15/h2-6,11-12,14H,7-10H2,1H3,(H,22,24)(H,23,25). The molecule has 3 aromatic rings. The minimum absolute atomic E-state index is 0.0102. The largest absolute Gasteiger partial charge is 0.427 e. The molecule has 0 spiro atoms. The van der Waals surface area contributed by atoms with Crippen LogP contribution in [0.4, 0.5) is 5.69 Å². The van der Waals surface area contributed by atoms with Crippen LogP contribution in [-0.2, 0) is 4.74 Å². The summed E-state index contributed by atoms with van der Waals surface area (Å²) in [5.74, 6) is 0.259. The van der Waals surface area contributed by atoms with Gasteiger partial charge in [0, 0.05) is 24.7 Å². The number of rotatable bonds is 4. The van der Waals surface area contributed by atoms with Gasteiger partial charge < -0.3 is 14.5 Å². The summed E-state index contributed by atoms with van der Waals surface area (Å²) in [5, 5.41) is 9.67. The predicted octanol–water partition coefficient (Wildman–Crippen LogP) is 3.48. The van der Waals surface area contributed by atoms with Crippen molar-refractivity contribution in [1.82, 2.24) is 10.2 Å². The second-order valence-corrected chi connectivity index (χ2v) is 6.86. The van der Waals surface area contributed by atoms with Crippen molar-refractivity contribution in [1.29, 1.82) is 0 Å². The third-order valence-electron chi connectivity index (χ3n) is 4.97. The fraction of sp³-hybridized carbons (Fsp3) is 0.286. The monoisotopic (exact) mass is 379 g/mol. The van der Waals surface area contributed by atoms with Crippen LogP contribution in [0, 0.1) is 6.92 Å². The molecule has 1 aromatic carbocycles. The fourth-order valence-electron chi connectivity index (χ4n) is 3.48. The quantitative estimate of drug-likeness (QED) is 0.723. The molecule has 4 rings (SSSR count). The lowest BCUT2D eigenvalue weighted by atomic mass is 9.95. The molecule has 0 unspecified atom stereocenters. The van der Waals surface area contributed by atoms with E-state index in [4.69, 9.17) is 9.15 Å². The number of aromatic amines is 1. The molecule has 7 heteroatoms. The zero-order chi connectivity index (χ0) is 19.5. The van der Waals surface area contributed by atoms with E-state index in [2.05, 4.69) is 15.5 Å². The van der Waals surface area contributed by atoms with Gasteiger partial charge in [0.05, 0.1) is 17.6 Å². The molecule has 1 amide bonds. The number of hydrogen-bond acceptors (Lipinski definition) is 5. The molecule has 0 atom stereocenters. The molecule has 28 heavy (non-hydrogen) atoms. The number of H-pyrrole nitrogens is 1. The molecule has 0 aliphatic carbocycles. The summed E-state index contributed by atoms with van der Waals surface area (Å²) in [7, 11) is 0. The number of nitrogens with zero attached hydrogens (tertiary/aromatic N) is 1. The number of nitrogens with one attached hydrogen (secondary N) is 2. The van der Waals surface area contributed by atoms with Crippen LogP contribution in [0.1, 0.15) is 40.4 Å². The minimum Gasteiger partial charge on any atom is -0.427 e. The van der Waals surface area contributed by atoms with Crippen molar-refractivity contribution in [3.63, 3.8) is 0 Å². The molecule has 1 aliphatic heterocycles. The predicted molar refractivity (Wildman–Crippen MR) is 104 cm³/mol. The summed E-state index contributed by atoms with van der Waals surface area (Å²) in [4.78, 5) is 25.3. The Kier molecular flexibility index (Phi) is 5.08. The molecule has 0 bridgehead atoms. The van der Waals surface area contributed by atoms with Gasteiger partial charge in [-0.15, -0.1) is 0 Å². The lowest BCUT2D eigenvalue weighted by Gasteiger charge is -2.21.